The number of methoxy groups -OCH3 is 1. The lowest BCUT2D eigenvalue weighted by Gasteiger charge is -2.50. The fourth-order valence-electron chi connectivity index (χ4n) is 3.59. The van der Waals surface area contributed by atoms with Crippen LogP contribution in [0.3, 0.4) is 0 Å². The molecule has 3 saturated heterocycles. The van der Waals surface area contributed by atoms with E-state index >= 15 is 0 Å². The zero-order valence-corrected chi connectivity index (χ0v) is 13.1. The van der Waals surface area contributed by atoms with Crippen LogP contribution in [0.2, 0.25) is 5.15 Å². The Labute approximate surface area is 133 Å². The van der Waals surface area contributed by atoms with Gasteiger partial charge in [0.15, 0.2) is 10.9 Å². The number of ether oxygens (including phenoxy) is 2. The first-order valence-corrected chi connectivity index (χ1v) is 7.86. The fraction of sp³-hybridized carbons (Fsp3) is 0.643. The lowest BCUT2D eigenvalue weighted by Crippen LogP contribution is -2.61. The highest BCUT2D eigenvalue weighted by Gasteiger charge is 2.51. The second-order valence-corrected chi connectivity index (χ2v) is 6.37. The van der Waals surface area contributed by atoms with E-state index in [1.54, 1.807) is 0 Å². The smallest absolute Gasteiger partial charge is 0.292 e. The molecule has 5 rings (SSSR count). The molecule has 118 valence electrons. The third-order valence-corrected chi connectivity index (χ3v) is 5.03. The number of rotatable bonds is 2. The van der Waals surface area contributed by atoms with Crippen LogP contribution in [0.4, 0.5) is 5.95 Å². The molecule has 1 unspecified atom stereocenters. The van der Waals surface area contributed by atoms with Gasteiger partial charge < -0.3 is 9.47 Å². The molecule has 1 aromatic heterocycles. The molecule has 2 bridgehead atoms. The molecule has 0 amide bonds. The summed E-state index contributed by atoms with van der Waals surface area (Å²) in [6.45, 7) is 4.00. The van der Waals surface area contributed by atoms with Crippen LogP contribution < -0.4 is 10.1 Å². The maximum Gasteiger partial charge on any atom is 0.292 e. The Bertz CT molecular complexity index is 617. The predicted octanol–water partition coefficient (Wildman–Crippen LogP) is 1.40. The molecule has 7 nitrogen and oxygen atoms in total. The van der Waals surface area contributed by atoms with Crippen molar-refractivity contribution in [1.82, 2.24) is 14.9 Å². The minimum Gasteiger partial charge on any atom is -0.492 e. The van der Waals surface area contributed by atoms with E-state index in [0.29, 0.717) is 30.2 Å². The molecular weight excluding hydrogens is 306 g/mol. The summed E-state index contributed by atoms with van der Waals surface area (Å²) < 4.78 is 11.2. The van der Waals surface area contributed by atoms with Gasteiger partial charge in [0.2, 0.25) is 5.95 Å². The van der Waals surface area contributed by atoms with Crippen molar-refractivity contribution in [1.29, 1.82) is 0 Å². The number of nitrogens with zero attached hydrogens (tertiary/aromatic N) is 4. The summed E-state index contributed by atoms with van der Waals surface area (Å²) in [7, 11) is 1.53. The Morgan fingerprint density at radius 3 is 2.91 bits per heavy atom. The predicted molar refractivity (Wildman–Crippen MR) is 82.5 cm³/mol. The van der Waals surface area contributed by atoms with Crippen LogP contribution in [0.1, 0.15) is 12.8 Å². The summed E-state index contributed by atoms with van der Waals surface area (Å²) in [4.78, 5) is 15.2. The number of anilines is 1. The molecule has 8 heteroatoms. The fourth-order valence-corrected chi connectivity index (χ4v) is 3.80. The zero-order chi connectivity index (χ0) is 15.2. The molecule has 3 fully saturated rings. The van der Waals surface area contributed by atoms with Crippen molar-refractivity contribution in [3.8, 4) is 5.75 Å². The van der Waals surface area contributed by atoms with Crippen molar-refractivity contribution in [2.75, 3.05) is 38.6 Å². The summed E-state index contributed by atoms with van der Waals surface area (Å²) >= 11 is 6.01. The molecule has 1 N–H and O–H groups in total. The third-order valence-electron chi connectivity index (χ3n) is 4.76. The number of halogens is 1. The average molecular weight is 324 g/mol. The highest BCUT2D eigenvalue weighted by Crippen LogP contribution is 2.40. The Hall–Kier alpha value is -1.60. The average Bonchev–Trinajstić information content (AvgIpc) is 2.91. The summed E-state index contributed by atoms with van der Waals surface area (Å²) in [6.07, 6.45) is 3.90. The SMILES string of the molecule is COc1cnc(NC2=NCC3(CN4CCC3CC4)O2)nc1Cl. The zero-order valence-electron chi connectivity index (χ0n) is 12.4. The van der Waals surface area contributed by atoms with Gasteiger partial charge in [-0.2, -0.15) is 4.98 Å². The van der Waals surface area contributed by atoms with Gasteiger partial charge in [0, 0.05) is 12.5 Å². The molecule has 4 aliphatic rings. The van der Waals surface area contributed by atoms with Crippen molar-refractivity contribution >= 4 is 23.6 Å². The molecule has 0 aromatic carbocycles. The van der Waals surface area contributed by atoms with E-state index in [0.717, 1.165) is 6.54 Å². The lowest BCUT2D eigenvalue weighted by atomic mass is 9.75. The van der Waals surface area contributed by atoms with Gasteiger partial charge in [-0.25, -0.2) is 9.98 Å². The highest BCUT2D eigenvalue weighted by atomic mass is 35.5. The number of piperidine rings is 3. The van der Waals surface area contributed by atoms with Crippen molar-refractivity contribution in [3.05, 3.63) is 11.3 Å². The van der Waals surface area contributed by atoms with Crippen LogP contribution in [-0.2, 0) is 4.74 Å². The maximum absolute atomic E-state index is 6.17. The van der Waals surface area contributed by atoms with E-state index in [1.807, 2.05) is 0 Å². The van der Waals surface area contributed by atoms with Gasteiger partial charge >= 0.3 is 0 Å². The molecule has 0 radical (unpaired) electrons. The normalized spacial score (nSPS) is 32.7. The Balaban J connectivity index is 1.46. The highest BCUT2D eigenvalue weighted by molar-refractivity contribution is 6.30. The summed E-state index contributed by atoms with van der Waals surface area (Å²) in [6, 6.07) is 0.481. The minimum absolute atomic E-state index is 0.172. The monoisotopic (exact) mass is 323 g/mol. The Morgan fingerprint density at radius 1 is 1.45 bits per heavy atom. The van der Waals surface area contributed by atoms with Gasteiger partial charge in [-0.1, -0.05) is 11.6 Å². The summed E-state index contributed by atoms with van der Waals surface area (Å²) in [5.41, 5.74) is -0.172. The van der Waals surface area contributed by atoms with Gasteiger partial charge in [-0.3, -0.25) is 10.2 Å². The molecular formula is C14H18ClN5O2. The number of nitrogens with one attached hydrogen (secondary N) is 1. The van der Waals surface area contributed by atoms with E-state index in [4.69, 9.17) is 21.1 Å². The number of hydrogen-bond acceptors (Lipinski definition) is 7. The van der Waals surface area contributed by atoms with E-state index in [1.165, 1.54) is 39.2 Å². The van der Waals surface area contributed by atoms with Gasteiger partial charge in [0.05, 0.1) is 19.9 Å². The van der Waals surface area contributed by atoms with Crippen LogP contribution in [0.15, 0.2) is 11.2 Å². The standard InChI is InChI=1S/C14H18ClN5O2/c1-21-10-6-16-12(18-11(10)15)19-13-17-7-14(22-13)8-20-4-2-9(14)3-5-20/h6,9H,2-5,7-8H2,1H3,(H,16,17,18,19). The number of hydrogen-bond donors (Lipinski definition) is 1. The van der Waals surface area contributed by atoms with Crippen LogP contribution in [0.5, 0.6) is 5.75 Å². The van der Waals surface area contributed by atoms with E-state index in [-0.39, 0.29) is 10.8 Å². The number of aliphatic imine (C=N–C) groups is 1. The quantitative estimate of drug-likeness (QED) is 0.830. The summed E-state index contributed by atoms with van der Waals surface area (Å²) in [5.74, 6) is 1.39. The van der Waals surface area contributed by atoms with Crippen LogP contribution in [0, 0.1) is 5.92 Å². The number of aromatic nitrogens is 2. The molecule has 5 heterocycles. The molecule has 1 aromatic rings. The summed E-state index contributed by atoms with van der Waals surface area (Å²) in [5, 5.41) is 3.27. The van der Waals surface area contributed by atoms with Crippen LogP contribution in [-0.4, -0.2) is 59.8 Å². The molecule has 22 heavy (non-hydrogen) atoms. The maximum atomic E-state index is 6.17. The Morgan fingerprint density at radius 2 is 2.27 bits per heavy atom. The number of amidine groups is 1. The third kappa shape index (κ3) is 2.28. The molecule has 0 saturated carbocycles. The molecule has 4 aliphatic heterocycles. The van der Waals surface area contributed by atoms with Gasteiger partial charge in [0.1, 0.15) is 5.60 Å². The van der Waals surface area contributed by atoms with Crippen molar-refractivity contribution in [2.24, 2.45) is 10.9 Å². The van der Waals surface area contributed by atoms with E-state index in [9.17, 15) is 0 Å². The van der Waals surface area contributed by atoms with Gasteiger partial charge in [0.25, 0.3) is 6.02 Å². The van der Waals surface area contributed by atoms with Crippen molar-refractivity contribution in [3.63, 3.8) is 0 Å². The number of fused-ring (bicyclic) bond motifs is 2. The van der Waals surface area contributed by atoms with Gasteiger partial charge in [-0.15, -0.1) is 0 Å². The molecule has 0 aliphatic carbocycles. The lowest BCUT2D eigenvalue weighted by molar-refractivity contribution is -0.0829. The van der Waals surface area contributed by atoms with E-state index in [2.05, 4.69) is 25.2 Å². The molecule has 1 atom stereocenters. The second-order valence-electron chi connectivity index (χ2n) is 6.02. The minimum atomic E-state index is -0.172. The van der Waals surface area contributed by atoms with E-state index < -0.39 is 0 Å². The Kier molecular flexibility index (Phi) is 3.34. The largest absolute Gasteiger partial charge is 0.492 e. The topological polar surface area (TPSA) is 71.9 Å². The van der Waals surface area contributed by atoms with Crippen molar-refractivity contribution in [2.45, 2.75) is 18.4 Å². The first-order chi connectivity index (χ1) is 10.7. The van der Waals surface area contributed by atoms with Gasteiger partial charge in [-0.05, 0) is 25.9 Å². The molecule has 1 spiro atoms. The second kappa shape index (κ2) is 5.24. The first kappa shape index (κ1) is 14.0. The first-order valence-electron chi connectivity index (χ1n) is 7.48. The van der Waals surface area contributed by atoms with Crippen LogP contribution >= 0.6 is 11.6 Å². The van der Waals surface area contributed by atoms with Crippen molar-refractivity contribution < 1.29 is 9.47 Å². The van der Waals surface area contributed by atoms with Crippen LogP contribution in [0.25, 0.3) is 0 Å².